The van der Waals surface area contributed by atoms with E-state index >= 15 is 0 Å². The molecule has 1 saturated heterocycles. The first-order valence-corrected chi connectivity index (χ1v) is 8.14. The van der Waals surface area contributed by atoms with Crippen molar-refractivity contribution in [2.75, 3.05) is 19.6 Å². The molecule has 23 heavy (non-hydrogen) atoms. The summed E-state index contributed by atoms with van der Waals surface area (Å²) in [5, 5.41) is 5.88. The van der Waals surface area contributed by atoms with Crippen molar-refractivity contribution in [3.05, 3.63) is 34.6 Å². The fourth-order valence-corrected chi connectivity index (χ4v) is 2.89. The van der Waals surface area contributed by atoms with Crippen LogP contribution in [0.5, 0.6) is 0 Å². The third-order valence-electron chi connectivity index (χ3n) is 3.90. The number of halogens is 2. The summed E-state index contributed by atoms with van der Waals surface area (Å²) < 4.78 is 13.6. The van der Waals surface area contributed by atoms with Crippen LogP contribution in [-0.2, 0) is 11.2 Å². The maximum Gasteiger partial charge on any atom is 0.315 e. The predicted octanol–water partition coefficient (Wildman–Crippen LogP) is 2.33. The average molecular weight is 342 g/mol. The summed E-state index contributed by atoms with van der Waals surface area (Å²) in [6.07, 6.45) is 1.55. The fraction of sp³-hybridized carbons (Fsp3) is 0.500. The summed E-state index contributed by atoms with van der Waals surface area (Å²) in [7, 11) is 0. The highest BCUT2D eigenvalue weighted by atomic mass is 35.5. The Labute approximate surface area is 140 Å². The molecule has 1 aliphatic heterocycles. The molecule has 0 aliphatic carbocycles. The lowest BCUT2D eigenvalue weighted by Gasteiger charge is -2.16. The van der Waals surface area contributed by atoms with Crippen LogP contribution in [0.3, 0.4) is 0 Å². The van der Waals surface area contributed by atoms with Crippen molar-refractivity contribution >= 4 is 23.5 Å². The lowest BCUT2D eigenvalue weighted by Crippen LogP contribution is -2.44. The van der Waals surface area contributed by atoms with E-state index in [0.717, 1.165) is 6.42 Å². The van der Waals surface area contributed by atoms with E-state index in [2.05, 4.69) is 10.6 Å². The van der Waals surface area contributed by atoms with Crippen LogP contribution in [0.15, 0.2) is 18.2 Å². The molecule has 0 bridgehead atoms. The molecule has 1 aromatic carbocycles. The quantitative estimate of drug-likeness (QED) is 0.863. The molecule has 0 aromatic heterocycles. The van der Waals surface area contributed by atoms with Gasteiger partial charge in [0.15, 0.2) is 0 Å². The number of rotatable bonds is 5. The molecule has 126 valence electrons. The van der Waals surface area contributed by atoms with Crippen molar-refractivity contribution in [1.82, 2.24) is 15.5 Å². The van der Waals surface area contributed by atoms with Gasteiger partial charge in [0.25, 0.3) is 0 Å². The van der Waals surface area contributed by atoms with Crippen LogP contribution in [0.4, 0.5) is 9.18 Å². The molecule has 1 fully saturated rings. The highest BCUT2D eigenvalue weighted by Crippen LogP contribution is 2.19. The number of benzene rings is 1. The van der Waals surface area contributed by atoms with E-state index in [-0.39, 0.29) is 30.3 Å². The molecule has 0 spiro atoms. The van der Waals surface area contributed by atoms with Crippen LogP contribution in [0, 0.1) is 5.82 Å². The summed E-state index contributed by atoms with van der Waals surface area (Å²) in [5.41, 5.74) is 0.398. The van der Waals surface area contributed by atoms with Gasteiger partial charge in [-0.1, -0.05) is 24.6 Å². The van der Waals surface area contributed by atoms with Gasteiger partial charge in [-0.2, -0.15) is 0 Å². The molecule has 1 heterocycles. The third kappa shape index (κ3) is 4.82. The van der Waals surface area contributed by atoms with E-state index in [1.54, 1.807) is 17.0 Å². The van der Waals surface area contributed by atoms with Crippen molar-refractivity contribution in [3.63, 3.8) is 0 Å². The predicted molar refractivity (Wildman–Crippen MR) is 86.9 cm³/mol. The van der Waals surface area contributed by atoms with Crippen LogP contribution < -0.4 is 10.6 Å². The second kappa shape index (κ2) is 8.15. The minimum Gasteiger partial charge on any atom is -0.341 e. The van der Waals surface area contributed by atoms with E-state index < -0.39 is 0 Å². The zero-order valence-corrected chi connectivity index (χ0v) is 13.8. The normalized spacial score (nSPS) is 17.2. The lowest BCUT2D eigenvalue weighted by atomic mass is 10.1. The molecular formula is C16H21ClFN3O2. The number of urea groups is 1. The van der Waals surface area contributed by atoms with Crippen molar-refractivity contribution in [3.8, 4) is 0 Å². The fourth-order valence-electron chi connectivity index (χ4n) is 2.64. The monoisotopic (exact) mass is 341 g/mol. The Bertz CT molecular complexity index is 562. The molecule has 1 aromatic rings. The van der Waals surface area contributed by atoms with Gasteiger partial charge >= 0.3 is 6.03 Å². The summed E-state index contributed by atoms with van der Waals surface area (Å²) >= 11 is 5.94. The van der Waals surface area contributed by atoms with Gasteiger partial charge in [-0.3, -0.25) is 4.79 Å². The zero-order valence-electron chi connectivity index (χ0n) is 13.1. The number of carbonyl (C=O) groups is 2. The van der Waals surface area contributed by atoms with Crippen LogP contribution in [0.25, 0.3) is 0 Å². The molecule has 7 heteroatoms. The Morgan fingerprint density at radius 3 is 2.91 bits per heavy atom. The van der Waals surface area contributed by atoms with Gasteiger partial charge < -0.3 is 15.5 Å². The largest absolute Gasteiger partial charge is 0.341 e. The maximum atomic E-state index is 13.6. The summed E-state index contributed by atoms with van der Waals surface area (Å²) in [4.78, 5) is 25.2. The van der Waals surface area contributed by atoms with Gasteiger partial charge in [0.05, 0.1) is 0 Å². The van der Waals surface area contributed by atoms with Gasteiger partial charge in [-0.25, -0.2) is 9.18 Å². The van der Waals surface area contributed by atoms with Crippen molar-refractivity contribution in [2.24, 2.45) is 0 Å². The van der Waals surface area contributed by atoms with E-state index in [1.165, 1.54) is 6.07 Å². The molecule has 2 N–H and O–H groups in total. The molecule has 3 amide bonds. The minimum atomic E-state index is -0.371. The second-order valence-electron chi connectivity index (χ2n) is 5.53. The number of amides is 3. The highest BCUT2D eigenvalue weighted by molar-refractivity contribution is 6.31. The molecule has 2 rings (SSSR count). The minimum absolute atomic E-state index is 0.0393. The lowest BCUT2D eigenvalue weighted by molar-refractivity contribution is -0.129. The highest BCUT2D eigenvalue weighted by Gasteiger charge is 2.26. The van der Waals surface area contributed by atoms with E-state index in [9.17, 15) is 14.0 Å². The molecule has 5 nitrogen and oxygen atoms in total. The smallest absolute Gasteiger partial charge is 0.315 e. The Hall–Kier alpha value is -1.82. The first-order valence-electron chi connectivity index (χ1n) is 7.76. The second-order valence-corrected chi connectivity index (χ2v) is 5.94. The van der Waals surface area contributed by atoms with Gasteiger partial charge in [-0.15, -0.1) is 0 Å². The summed E-state index contributed by atoms with van der Waals surface area (Å²) in [6, 6.07) is 4.16. The number of nitrogens with one attached hydrogen (secondary N) is 2. The summed E-state index contributed by atoms with van der Waals surface area (Å²) in [6.45, 7) is 3.32. The summed E-state index contributed by atoms with van der Waals surface area (Å²) in [5.74, 6) is -0.270. The van der Waals surface area contributed by atoms with Crippen LogP contribution in [0.1, 0.15) is 25.3 Å². The van der Waals surface area contributed by atoms with Crippen molar-refractivity contribution in [1.29, 1.82) is 0 Å². The number of likely N-dealkylation sites (tertiary alicyclic amines) is 1. The third-order valence-corrected chi connectivity index (χ3v) is 4.25. The van der Waals surface area contributed by atoms with E-state index in [0.29, 0.717) is 36.5 Å². The zero-order chi connectivity index (χ0) is 16.8. The van der Waals surface area contributed by atoms with Gasteiger partial charge in [0, 0.05) is 42.7 Å². The Morgan fingerprint density at radius 1 is 1.43 bits per heavy atom. The number of carbonyl (C=O) groups excluding carboxylic acids is 2. The Morgan fingerprint density at radius 2 is 2.22 bits per heavy atom. The van der Waals surface area contributed by atoms with Crippen LogP contribution in [-0.4, -0.2) is 42.5 Å². The van der Waals surface area contributed by atoms with Crippen LogP contribution >= 0.6 is 11.6 Å². The maximum absolute atomic E-state index is 13.6. The molecule has 1 atom stereocenters. The number of hydrogen-bond donors (Lipinski definition) is 2. The Kier molecular flexibility index (Phi) is 6.21. The van der Waals surface area contributed by atoms with E-state index in [4.69, 9.17) is 11.6 Å². The molecule has 1 aliphatic rings. The van der Waals surface area contributed by atoms with Crippen molar-refractivity contribution < 1.29 is 14.0 Å². The first-order chi connectivity index (χ1) is 11.0. The first kappa shape index (κ1) is 17.5. The average Bonchev–Trinajstić information content (AvgIpc) is 2.98. The standard InChI is InChI=1S/C16H21ClFN3O2/c1-2-15(22)21-9-7-11(10-21)20-16(23)19-8-6-12-13(17)4-3-5-14(12)18/h3-5,11H,2,6-10H2,1H3,(H2,19,20,23)/t11-/m0/s1. The molecule has 0 radical (unpaired) electrons. The van der Waals surface area contributed by atoms with Crippen LogP contribution in [0.2, 0.25) is 5.02 Å². The molecule has 0 unspecified atom stereocenters. The van der Waals surface area contributed by atoms with Gasteiger partial charge in [0.2, 0.25) is 5.91 Å². The number of nitrogens with zero attached hydrogens (tertiary/aromatic N) is 1. The van der Waals surface area contributed by atoms with Crippen molar-refractivity contribution in [2.45, 2.75) is 32.2 Å². The molecular weight excluding hydrogens is 321 g/mol. The Balaban J connectivity index is 1.73. The number of hydrogen-bond acceptors (Lipinski definition) is 2. The SMILES string of the molecule is CCC(=O)N1CC[C@H](NC(=O)NCCc2c(F)cccc2Cl)C1. The van der Waals surface area contributed by atoms with Gasteiger partial charge in [0.1, 0.15) is 5.82 Å². The van der Waals surface area contributed by atoms with E-state index in [1.807, 2.05) is 6.92 Å². The molecule has 0 saturated carbocycles. The van der Waals surface area contributed by atoms with Gasteiger partial charge in [-0.05, 0) is 25.0 Å². The topological polar surface area (TPSA) is 61.4 Å².